The molecule has 0 aliphatic carbocycles. The molecule has 0 fully saturated rings. The third-order valence-electron chi connectivity index (χ3n) is 2.71. The van der Waals surface area contributed by atoms with E-state index in [0.29, 0.717) is 6.54 Å². The molecule has 0 aliphatic heterocycles. The summed E-state index contributed by atoms with van der Waals surface area (Å²) < 4.78 is 18.2. The minimum atomic E-state index is -0.205. The van der Waals surface area contributed by atoms with Crippen LogP contribution in [0.15, 0.2) is 40.8 Å². The number of benzene rings is 1. The van der Waals surface area contributed by atoms with E-state index in [2.05, 4.69) is 5.32 Å². The van der Waals surface area contributed by atoms with Crippen LogP contribution in [0.1, 0.15) is 30.0 Å². The van der Waals surface area contributed by atoms with Gasteiger partial charge in [0.05, 0.1) is 6.04 Å². The van der Waals surface area contributed by atoms with Crippen molar-refractivity contribution >= 4 is 0 Å². The Hall–Kier alpha value is -1.61. The number of furan rings is 1. The Kier molecular flexibility index (Phi) is 3.59. The third kappa shape index (κ3) is 3.17. The molecule has 0 radical (unpaired) electrons. The summed E-state index contributed by atoms with van der Waals surface area (Å²) in [5, 5.41) is 3.33. The monoisotopic (exact) mass is 233 g/mol. The molecule has 1 aromatic heterocycles. The van der Waals surface area contributed by atoms with Gasteiger partial charge >= 0.3 is 0 Å². The van der Waals surface area contributed by atoms with Gasteiger partial charge in [-0.3, -0.25) is 0 Å². The lowest BCUT2D eigenvalue weighted by molar-refractivity contribution is 0.416. The van der Waals surface area contributed by atoms with E-state index in [0.717, 1.165) is 17.1 Å². The van der Waals surface area contributed by atoms with Crippen molar-refractivity contribution in [1.82, 2.24) is 5.32 Å². The van der Waals surface area contributed by atoms with Crippen molar-refractivity contribution in [2.75, 3.05) is 0 Å². The minimum Gasteiger partial charge on any atom is -0.465 e. The topological polar surface area (TPSA) is 25.2 Å². The number of hydrogen-bond acceptors (Lipinski definition) is 2. The predicted octanol–water partition coefficient (Wildman–Crippen LogP) is 3.58. The van der Waals surface area contributed by atoms with E-state index >= 15 is 0 Å². The molecule has 3 heteroatoms. The maximum atomic E-state index is 12.7. The van der Waals surface area contributed by atoms with Crippen molar-refractivity contribution in [2.45, 2.75) is 26.4 Å². The quantitative estimate of drug-likeness (QED) is 0.873. The first-order valence-electron chi connectivity index (χ1n) is 5.69. The SMILES string of the molecule is Cc1ccc(C(C)NCc2ccc(F)cc2)o1. The number of aryl methyl sites for hydroxylation is 1. The average molecular weight is 233 g/mol. The van der Waals surface area contributed by atoms with Crippen molar-refractivity contribution in [3.05, 3.63) is 59.3 Å². The standard InChI is InChI=1S/C14H16FNO/c1-10-3-8-14(17-10)11(2)16-9-12-4-6-13(15)7-5-12/h3-8,11,16H,9H2,1-2H3. The van der Waals surface area contributed by atoms with Crippen LogP contribution in [0.5, 0.6) is 0 Å². The van der Waals surface area contributed by atoms with Crippen molar-refractivity contribution < 1.29 is 8.81 Å². The fourth-order valence-corrected chi connectivity index (χ4v) is 1.66. The van der Waals surface area contributed by atoms with Crippen LogP contribution in [0.3, 0.4) is 0 Å². The van der Waals surface area contributed by atoms with Crippen LogP contribution < -0.4 is 5.32 Å². The maximum Gasteiger partial charge on any atom is 0.123 e. The molecule has 2 aromatic rings. The van der Waals surface area contributed by atoms with E-state index in [1.165, 1.54) is 12.1 Å². The lowest BCUT2D eigenvalue weighted by Gasteiger charge is -2.11. The molecule has 0 aliphatic rings. The highest BCUT2D eigenvalue weighted by Gasteiger charge is 2.08. The van der Waals surface area contributed by atoms with Gasteiger partial charge in [0.15, 0.2) is 0 Å². The molecule has 1 aromatic carbocycles. The first-order valence-corrected chi connectivity index (χ1v) is 5.69. The van der Waals surface area contributed by atoms with Gasteiger partial charge in [-0.25, -0.2) is 4.39 Å². The largest absolute Gasteiger partial charge is 0.465 e. The number of halogens is 1. The molecule has 2 rings (SSSR count). The van der Waals surface area contributed by atoms with Gasteiger partial charge in [0.1, 0.15) is 17.3 Å². The normalized spacial score (nSPS) is 12.6. The Balaban J connectivity index is 1.92. The van der Waals surface area contributed by atoms with E-state index < -0.39 is 0 Å². The highest BCUT2D eigenvalue weighted by Crippen LogP contribution is 2.16. The highest BCUT2D eigenvalue weighted by atomic mass is 19.1. The fourth-order valence-electron chi connectivity index (χ4n) is 1.66. The first kappa shape index (κ1) is 11.9. The van der Waals surface area contributed by atoms with Gasteiger partial charge < -0.3 is 9.73 Å². The molecule has 0 saturated heterocycles. The second-order valence-electron chi connectivity index (χ2n) is 4.18. The van der Waals surface area contributed by atoms with Crippen molar-refractivity contribution in [2.24, 2.45) is 0 Å². The van der Waals surface area contributed by atoms with E-state index in [4.69, 9.17) is 4.42 Å². The van der Waals surface area contributed by atoms with Crippen LogP contribution in [0, 0.1) is 12.7 Å². The summed E-state index contributed by atoms with van der Waals surface area (Å²) in [6.45, 7) is 4.67. The molecular formula is C14H16FNO. The molecule has 1 unspecified atom stereocenters. The molecule has 1 N–H and O–H groups in total. The maximum absolute atomic E-state index is 12.7. The van der Waals surface area contributed by atoms with E-state index in [1.807, 2.05) is 26.0 Å². The number of hydrogen-bond donors (Lipinski definition) is 1. The molecular weight excluding hydrogens is 217 g/mol. The third-order valence-corrected chi connectivity index (χ3v) is 2.71. The minimum absolute atomic E-state index is 0.147. The van der Waals surface area contributed by atoms with Gasteiger partial charge in [-0.05, 0) is 43.7 Å². The van der Waals surface area contributed by atoms with Crippen molar-refractivity contribution in [3.8, 4) is 0 Å². The molecule has 0 amide bonds. The van der Waals surface area contributed by atoms with Crippen LogP contribution >= 0.6 is 0 Å². The second kappa shape index (κ2) is 5.15. The van der Waals surface area contributed by atoms with E-state index in [-0.39, 0.29) is 11.9 Å². The van der Waals surface area contributed by atoms with Crippen LogP contribution in [0.2, 0.25) is 0 Å². The summed E-state index contributed by atoms with van der Waals surface area (Å²) in [7, 11) is 0. The van der Waals surface area contributed by atoms with E-state index in [1.54, 1.807) is 12.1 Å². The molecule has 1 heterocycles. The van der Waals surface area contributed by atoms with Gasteiger partial charge in [0, 0.05) is 6.54 Å². The summed E-state index contributed by atoms with van der Waals surface area (Å²) in [6, 6.07) is 10.6. The molecule has 90 valence electrons. The van der Waals surface area contributed by atoms with Crippen LogP contribution in [-0.4, -0.2) is 0 Å². The highest BCUT2D eigenvalue weighted by molar-refractivity contribution is 5.16. The zero-order chi connectivity index (χ0) is 12.3. The average Bonchev–Trinajstić information content (AvgIpc) is 2.75. The zero-order valence-electron chi connectivity index (χ0n) is 10.0. The van der Waals surface area contributed by atoms with Gasteiger partial charge in [-0.15, -0.1) is 0 Å². The molecule has 0 spiro atoms. The van der Waals surface area contributed by atoms with Gasteiger partial charge in [-0.1, -0.05) is 12.1 Å². The van der Waals surface area contributed by atoms with Crippen LogP contribution in [-0.2, 0) is 6.54 Å². The first-order chi connectivity index (χ1) is 8.15. The van der Waals surface area contributed by atoms with Gasteiger partial charge in [-0.2, -0.15) is 0 Å². The lowest BCUT2D eigenvalue weighted by Crippen LogP contribution is -2.17. The summed E-state index contributed by atoms with van der Waals surface area (Å²) in [6.07, 6.45) is 0. The summed E-state index contributed by atoms with van der Waals surface area (Å²) in [4.78, 5) is 0. The smallest absolute Gasteiger partial charge is 0.123 e. The molecule has 0 bridgehead atoms. The number of rotatable bonds is 4. The van der Waals surface area contributed by atoms with Crippen molar-refractivity contribution in [3.63, 3.8) is 0 Å². The predicted molar refractivity (Wildman–Crippen MR) is 65.1 cm³/mol. The molecule has 0 saturated carbocycles. The van der Waals surface area contributed by atoms with Gasteiger partial charge in [0.2, 0.25) is 0 Å². The zero-order valence-corrected chi connectivity index (χ0v) is 10.0. The Bertz CT molecular complexity index is 475. The molecule has 17 heavy (non-hydrogen) atoms. The number of nitrogens with one attached hydrogen (secondary N) is 1. The lowest BCUT2D eigenvalue weighted by atomic mass is 10.2. The van der Waals surface area contributed by atoms with E-state index in [9.17, 15) is 4.39 Å². The summed E-state index contributed by atoms with van der Waals surface area (Å²) >= 11 is 0. The van der Waals surface area contributed by atoms with Crippen LogP contribution in [0.25, 0.3) is 0 Å². The summed E-state index contributed by atoms with van der Waals surface area (Å²) in [5.41, 5.74) is 1.06. The molecule has 1 atom stereocenters. The Morgan fingerprint density at radius 3 is 2.47 bits per heavy atom. The van der Waals surface area contributed by atoms with Crippen LogP contribution in [0.4, 0.5) is 4.39 Å². The molecule has 2 nitrogen and oxygen atoms in total. The van der Waals surface area contributed by atoms with Gasteiger partial charge in [0.25, 0.3) is 0 Å². The summed E-state index contributed by atoms with van der Waals surface area (Å²) in [5.74, 6) is 1.63. The Morgan fingerprint density at radius 1 is 1.18 bits per heavy atom. The Labute approximate surface area is 100 Å². The Morgan fingerprint density at radius 2 is 1.88 bits per heavy atom. The van der Waals surface area contributed by atoms with Crippen molar-refractivity contribution in [1.29, 1.82) is 0 Å². The fraction of sp³-hybridized carbons (Fsp3) is 0.286. The second-order valence-corrected chi connectivity index (χ2v) is 4.18.